The molecule has 2 rings (SSSR count). The van der Waals surface area contributed by atoms with E-state index in [1.807, 2.05) is 0 Å². The summed E-state index contributed by atoms with van der Waals surface area (Å²) in [6.45, 7) is -0.0865. The number of hydrogen-bond donors (Lipinski definition) is 2. The van der Waals surface area contributed by atoms with E-state index in [-0.39, 0.29) is 6.61 Å². The van der Waals surface area contributed by atoms with Gasteiger partial charge in [0.25, 0.3) is 0 Å². The molecular formula is C11H17N3O. The monoisotopic (exact) mass is 207 g/mol. The first-order chi connectivity index (χ1) is 7.31. The number of rotatable bonds is 2. The predicted octanol–water partition coefficient (Wildman–Crippen LogP) is 1.60. The van der Waals surface area contributed by atoms with Crippen molar-refractivity contribution in [3.05, 3.63) is 17.6 Å². The fourth-order valence-corrected chi connectivity index (χ4v) is 2.11. The van der Waals surface area contributed by atoms with Gasteiger partial charge in [-0.1, -0.05) is 19.3 Å². The zero-order valence-electron chi connectivity index (χ0n) is 8.82. The zero-order valence-corrected chi connectivity index (χ0v) is 8.82. The number of nitrogens with zero attached hydrogens (tertiary/aromatic N) is 2. The molecule has 0 aromatic carbocycles. The van der Waals surface area contributed by atoms with Crippen LogP contribution >= 0.6 is 0 Å². The van der Waals surface area contributed by atoms with E-state index in [1.165, 1.54) is 19.3 Å². The van der Waals surface area contributed by atoms with Crippen molar-refractivity contribution >= 4 is 5.82 Å². The maximum absolute atomic E-state index is 8.96. The highest BCUT2D eigenvalue weighted by molar-refractivity contribution is 5.37. The van der Waals surface area contributed by atoms with E-state index < -0.39 is 0 Å². The predicted molar refractivity (Wildman–Crippen MR) is 58.2 cm³/mol. The van der Waals surface area contributed by atoms with E-state index in [0.717, 1.165) is 18.7 Å². The molecule has 0 spiro atoms. The van der Waals surface area contributed by atoms with Crippen molar-refractivity contribution in [2.24, 2.45) is 0 Å². The SMILES string of the molecule is Nc1nc(C2CCCCC2)ncc1CO. The van der Waals surface area contributed by atoms with Crippen LogP contribution in [0.1, 0.15) is 49.4 Å². The minimum atomic E-state index is -0.0865. The maximum Gasteiger partial charge on any atom is 0.133 e. The highest BCUT2D eigenvalue weighted by Gasteiger charge is 2.18. The second kappa shape index (κ2) is 4.57. The Morgan fingerprint density at radius 1 is 1.33 bits per heavy atom. The molecule has 1 aliphatic carbocycles. The fraction of sp³-hybridized carbons (Fsp3) is 0.636. The lowest BCUT2D eigenvalue weighted by Gasteiger charge is -2.20. The van der Waals surface area contributed by atoms with Crippen molar-refractivity contribution in [1.82, 2.24) is 9.97 Å². The summed E-state index contributed by atoms with van der Waals surface area (Å²) in [5, 5.41) is 8.96. The van der Waals surface area contributed by atoms with Crippen molar-refractivity contribution in [2.75, 3.05) is 5.73 Å². The van der Waals surface area contributed by atoms with Gasteiger partial charge < -0.3 is 10.8 Å². The molecule has 15 heavy (non-hydrogen) atoms. The Kier molecular flexibility index (Phi) is 3.16. The summed E-state index contributed by atoms with van der Waals surface area (Å²) in [5.41, 5.74) is 6.35. The number of nitrogens with two attached hydrogens (primary N) is 1. The summed E-state index contributed by atoms with van der Waals surface area (Å²) in [4.78, 5) is 8.56. The van der Waals surface area contributed by atoms with Gasteiger partial charge in [0.05, 0.1) is 6.61 Å². The largest absolute Gasteiger partial charge is 0.391 e. The average molecular weight is 207 g/mol. The number of aliphatic hydroxyl groups excluding tert-OH is 1. The molecule has 0 atom stereocenters. The summed E-state index contributed by atoms with van der Waals surface area (Å²) in [5.74, 6) is 1.74. The van der Waals surface area contributed by atoms with Crippen LogP contribution in [0.3, 0.4) is 0 Å². The quantitative estimate of drug-likeness (QED) is 0.772. The van der Waals surface area contributed by atoms with Gasteiger partial charge >= 0.3 is 0 Å². The topological polar surface area (TPSA) is 72.0 Å². The smallest absolute Gasteiger partial charge is 0.133 e. The molecule has 4 heteroatoms. The third kappa shape index (κ3) is 2.26. The third-order valence-electron chi connectivity index (χ3n) is 3.06. The standard InChI is InChI=1S/C11H17N3O/c12-10-9(7-15)6-13-11(14-10)8-4-2-1-3-5-8/h6,8,15H,1-5,7H2,(H2,12,13,14). The van der Waals surface area contributed by atoms with E-state index in [9.17, 15) is 0 Å². The Morgan fingerprint density at radius 3 is 2.67 bits per heavy atom. The maximum atomic E-state index is 8.96. The molecule has 3 N–H and O–H groups in total. The molecule has 1 aliphatic rings. The highest BCUT2D eigenvalue weighted by atomic mass is 16.3. The van der Waals surface area contributed by atoms with Crippen LogP contribution in [0.4, 0.5) is 5.82 Å². The van der Waals surface area contributed by atoms with Gasteiger partial charge in [0.1, 0.15) is 11.6 Å². The van der Waals surface area contributed by atoms with Crippen LogP contribution in [0, 0.1) is 0 Å². The first kappa shape index (κ1) is 10.4. The fourth-order valence-electron chi connectivity index (χ4n) is 2.11. The van der Waals surface area contributed by atoms with E-state index in [1.54, 1.807) is 6.20 Å². The summed E-state index contributed by atoms with van der Waals surface area (Å²) in [7, 11) is 0. The van der Waals surface area contributed by atoms with E-state index >= 15 is 0 Å². The molecule has 82 valence electrons. The van der Waals surface area contributed by atoms with Gasteiger partial charge in [-0.25, -0.2) is 9.97 Å². The Balaban J connectivity index is 2.17. The van der Waals surface area contributed by atoms with Gasteiger partial charge in [0, 0.05) is 17.7 Å². The first-order valence-electron chi connectivity index (χ1n) is 5.53. The molecule has 0 radical (unpaired) electrons. The highest BCUT2D eigenvalue weighted by Crippen LogP contribution is 2.30. The van der Waals surface area contributed by atoms with E-state index in [4.69, 9.17) is 10.8 Å². The van der Waals surface area contributed by atoms with Crippen molar-refractivity contribution in [1.29, 1.82) is 0 Å². The minimum Gasteiger partial charge on any atom is -0.391 e. The Morgan fingerprint density at radius 2 is 2.07 bits per heavy atom. The zero-order chi connectivity index (χ0) is 10.7. The van der Waals surface area contributed by atoms with Crippen molar-refractivity contribution in [3.63, 3.8) is 0 Å². The van der Waals surface area contributed by atoms with E-state index in [0.29, 0.717) is 17.3 Å². The van der Waals surface area contributed by atoms with Gasteiger partial charge in [0.2, 0.25) is 0 Å². The number of anilines is 1. The van der Waals surface area contributed by atoms with Crippen LogP contribution in [-0.4, -0.2) is 15.1 Å². The molecule has 1 heterocycles. The van der Waals surface area contributed by atoms with E-state index in [2.05, 4.69) is 9.97 Å². The molecule has 1 aromatic rings. The van der Waals surface area contributed by atoms with Crippen LogP contribution in [-0.2, 0) is 6.61 Å². The average Bonchev–Trinajstić information content (AvgIpc) is 2.30. The normalized spacial score (nSPS) is 17.9. The second-order valence-corrected chi connectivity index (χ2v) is 4.13. The minimum absolute atomic E-state index is 0.0865. The molecule has 0 unspecified atom stereocenters. The van der Waals surface area contributed by atoms with Crippen LogP contribution < -0.4 is 5.73 Å². The van der Waals surface area contributed by atoms with Gasteiger partial charge in [-0.2, -0.15) is 0 Å². The van der Waals surface area contributed by atoms with Crippen molar-refractivity contribution < 1.29 is 5.11 Å². The van der Waals surface area contributed by atoms with Gasteiger partial charge in [-0.3, -0.25) is 0 Å². The number of hydrogen-bond acceptors (Lipinski definition) is 4. The Bertz CT molecular complexity index is 335. The van der Waals surface area contributed by atoms with Gasteiger partial charge in [0.15, 0.2) is 0 Å². The first-order valence-corrected chi connectivity index (χ1v) is 5.53. The van der Waals surface area contributed by atoms with Gasteiger partial charge in [-0.05, 0) is 12.8 Å². The number of nitrogen functional groups attached to an aromatic ring is 1. The van der Waals surface area contributed by atoms with Crippen molar-refractivity contribution in [3.8, 4) is 0 Å². The molecule has 4 nitrogen and oxygen atoms in total. The molecule has 0 saturated heterocycles. The second-order valence-electron chi connectivity index (χ2n) is 4.13. The lowest BCUT2D eigenvalue weighted by atomic mass is 9.88. The van der Waals surface area contributed by atoms with Crippen LogP contribution in [0.25, 0.3) is 0 Å². The lowest BCUT2D eigenvalue weighted by molar-refractivity contribution is 0.281. The van der Waals surface area contributed by atoms with Crippen LogP contribution in [0.15, 0.2) is 6.20 Å². The summed E-state index contributed by atoms with van der Waals surface area (Å²) >= 11 is 0. The molecule has 0 bridgehead atoms. The summed E-state index contributed by atoms with van der Waals surface area (Å²) < 4.78 is 0. The number of aromatic nitrogens is 2. The Hall–Kier alpha value is -1.16. The molecular weight excluding hydrogens is 190 g/mol. The van der Waals surface area contributed by atoms with Crippen LogP contribution in [0.2, 0.25) is 0 Å². The third-order valence-corrected chi connectivity index (χ3v) is 3.06. The molecule has 1 saturated carbocycles. The molecule has 1 aromatic heterocycles. The molecule has 0 aliphatic heterocycles. The van der Waals surface area contributed by atoms with Gasteiger partial charge in [-0.15, -0.1) is 0 Å². The lowest BCUT2D eigenvalue weighted by Crippen LogP contribution is -2.11. The van der Waals surface area contributed by atoms with Crippen molar-refractivity contribution in [2.45, 2.75) is 44.6 Å². The number of aliphatic hydroxyl groups is 1. The summed E-state index contributed by atoms with van der Waals surface area (Å²) in [6.07, 6.45) is 7.81. The summed E-state index contributed by atoms with van der Waals surface area (Å²) in [6, 6.07) is 0. The molecule has 0 amide bonds. The van der Waals surface area contributed by atoms with Crippen LogP contribution in [0.5, 0.6) is 0 Å². The Labute approximate surface area is 89.6 Å². The molecule has 1 fully saturated rings.